The first-order valence-electron chi connectivity index (χ1n) is 7.75. The molecule has 2 heterocycles. The summed E-state index contributed by atoms with van der Waals surface area (Å²) in [6.07, 6.45) is 5.58. The van der Waals surface area contributed by atoms with Gasteiger partial charge in [-0.15, -0.1) is 0 Å². The quantitative estimate of drug-likeness (QED) is 0.787. The lowest BCUT2D eigenvalue weighted by Crippen LogP contribution is -2.38. The van der Waals surface area contributed by atoms with E-state index < -0.39 is 0 Å². The number of hydrogen-bond donors (Lipinski definition) is 3. The first-order valence-corrected chi connectivity index (χ1v) is 8.13. The average molecular weight is 334 g/mol. The van der Waals surface area contributed by atoms with Gasteiger partial charge in [-0.25, -0.2) is 4.79 Å². The number of likely N-dealkylation sites (tertiary alicyclic amines) is 1. The lowest BCUT2D eigenvalue weighted by atomic mass is 10.1. The summed E-state index contributed by atoms with van der Waals surface area (Å²) < 4.78 is 0. The molecule has 3 N–H and O–H groups in total. The van der Waals surface area contributed by atoms with Crippen molar-refractivity contribution in [2.75, 3.05) is 25.0 Å². The van der Waals surface area contributed by atoms with Crippen molar-refractivity contribution in [2.24, 2.45) is 0 Å². The molecule has 0 bridgehead atoms. The zero-order valence-electron chi connectivity index (χ0n) is 12.8. The number of halogens is 1. The van der Waals surface area contributed by atoms with Crippen molar-refractivity contribution in [1.82, 2.24) is 20.4 Å². The van der Waals surface area contributed by atoms with Gasteiger partial charge in [-0.3, -0.25) is 10.00 Å². The van der Waals surface area contributed by atoms with Gasteiger partial charge in [0.15, 0.2) is 0 Å². The number of aromatic amines is 1. The topological polar surface area (TPSA) is 73.1 Å². The predicted molar refractivity (Wildman–Crippen MR) is 90.6 cm³/mol. The fourth-order valence-corrected chi connectivity index (χ4v) is 3.11. The van der Waals surface area contributed by atoms with E-state index >= 15 is 0 Å². The van der Waals surface area contributed by atoms with Crippen LogP contribution in [-0.2, 0) is 0 Å². The van der Waals surface area contributed by atoms with Gasteiger partial charge < -0.3 is 10.6 Å². The number of amides is 2. The second-order valence-electron chi connectivity index (χ2n) is 5.64. The van der Waals surface area contributed by atoms with Crippen LogP contribution in [0.2, 0.25) is 5.02 Å². The second-order valence-corrected chi connectivity index (χ2v) is 6.07. The lowest BCUT2D eigenvalue weighted by Gasteiger charge is -2.28. The van der Waals surface area contributed by atoms with E-state index in [1.165, 1.54) is 12.8 Å². The van der Waals surface area contributed by atoms with Crippen LogP contribution in [-0.4, -0.2) is 40.8 Å². The number of aromatic nitrogens is 2. The summed E-state index contributed by atoms with van der Waals surface area (Å²) in [5, 5.41) is 12.9. The third kappa shape index (κ3) is 4.24. The van der Waals surface area contributed by atoms with Gasteiger partial charge in [0, 0.05) is 17.8 Å². The molecular weight excluding hydrogens is 314 g/mol. The molecule has 23 heavy (non-hydrogen) atoms. The molecule has 1 fully saturated rings. The molecule has 6 nitrogen and oxygen atoms in total. The molecule has 2 amide bonds. The normalized spacial score (nSPS) is 16.2. The van der Waals surface area contributed by atoms with Crippen LogP contribution < -0.4 is 10.6 Å². The molecule has 0 unspecified atom stereocenters. The number of benzene rings is 1. The van der Waals surface area contributed by atoms with Crippen LogP contribution in [0.15, 0.2) is 36.7 Å². The SMILES string of the molecule is O=C(NC[C@@H](c1cccc(Cl)c1)N1CCCC1)Nc1cn[nH]c1. The third-order valence-electron chi connectivity index (χ3n) is 4.03. The zero-order valence-corrected chi connectivity index (χ0v) is 13.5. The van der Waals surface area contributed by atoms with Crippen molar-refractivity contribution in [3.63, 3.8) is 0 Å². The number of nitrogens with one attached hydrogen (secondary N) is 3. The molecule has 0 radical (unpaired) electrons. The van der Waals surface area contributed by atoms with Crippen LogP contribution in [0.25, 0.3) is 0 Å². The Kier molecular flexibility index (Phi) is 5.15. The third-order valence-corrected chi connectivity index (χ3v) is 4.26. The fourth-order valence-electron chi connectivity index (χ4n) is 2.91. The molecule has 1 aliphatic rings. The highest BCUT2D eigenvalue weighted by Gasteiger charge is 2.24. The largest absolute Gasteiger partial charge is 0.336 e. The van der Waals surface area contributed by atoms with Gasteiger partial charge in [0.05, 0.1) is 17.9 Å². The fraction of sp³-hybridized carbons (Fsp3) is 0.375. The Morgan fingerprint density at radius 2 is 2.22 bits per heavy atom. The number of carbonyl (C=O) groups is 1. The van der Waals surface area contributed by atoms with Gasteiger partial charge in [0.1, 0.15) is 0 Å². The highest BCUT2D eigenvalue weighted by atomic mass is 35.5. The molecule has 122 valence electrons. The van der Waals surface area contributed by atoms with E-state index in [0.717, 1.165) is 23.7 Å². The molecular formula is C16H20ClN5O. The Morgan fingerprint density at radius 3 is 2.91 bits per heavy atom. The molecule has 1 saturated heterocycles. The first-order chi connectivity index (χ1) is 11.2. The van der Waals surface area contributed by atoms with Crippen LogP contribution in [0.3, 0.4) is 0 Å². The average Bonchev–Trinajstić information content (AvgIpc) is 3.21. The van der Waals surface area contributed by atoms with Gasteiger partial charge in [-0.05, 0) is 43.6 Å². The van der Waals surface area contributed by atoms with Gasteiger partial charge in [-0.1, -0.05) is 23.7 Å². The van der Waals surface area contributed by atoms with Crippen molar-refractivity contribution in [3.05, 3.63) is 47.2 Å². The van der Waals surface area contributed by atoms with Crippen LogP contribution in [0.1, 0.15) is 24.4 Å². The second kappa shape index (κ2) is 7.48. The maximum absolute atomic E-state index is 12.0. The van der Waals surface area contributed by atoms with Crippen molar-refractivity contribution < 1.29 is 4.79 Å². The summed E-state index contributed by atoms with van der Waals surface area (Å²) in [6, 6.07) is 7.74. The molecule has 1 aromatic heterocycles. The van der Waals surface area contributed by atoms with Crippen molar-refractivity contribution in [3.8, 4) is 0 Å². The van der Waals surface area contributed by atoms with Crippen molar-refractivity contribution in [2.45, 2.75) is 18.9 Å². The van der Waals surface area contributed by atoms with Gasteiger partial charge in [0.2, 0.25) is 0 Å². The number of rotatable bonds is 5. The zero-order chi connectivity index (χ0) is 16.1. The summed E-state index contributed by atoms with van der Waals surface area (Å²) in [4.78, 5) is 14.4. The highest BCUT2D eigenvalue weighted by molar-refractivity contribution is 6.30. The first kappa shape index (κ1) is 15.8. The molecule has 3 rings (SSSR count). The number of anilines is 1. The van der Waals surface area contributed by atoms with Crippen LogP contribution >= 0.6 is 11.6 Å². The molecule has 1 aliphatic heterocycles. The summed E-state index contributed by atoms with van der Waals surface area (Å²) in [5.41, 5.74) is 1.77. The van der Waals surface area contributed by atoms with Crippen molar-refractivity contribution >= 4 is 23.3 Å². The summed E-state index contributed by atoms with van der Waals surface area (Å²) in [6.45, 7) is 2.62. The Labute approximate surface area is 140 Å². The number of urea groups is 1. The number of carbonyl (C=O) groups excluding carboxylic acids is 1. The van der Waals surface area contributed by atoms with Gasteiger partial charge in [0.25, 0.3) is 0 Å². The Balaban J connectivity index is 1.65. The maximum atomic E-state index is 12.0. The Bertz CT molecular complexity index is 640. The number of H-pyrrole nitrogens is 1. The molecule has 0 saturated carbocycles. The van der Waals surface area contributed by atoms with Gasteiger partial charge in [-0.2, -0.15) is 5.10 Å². The van der Waals surface area contributed by atoms with Gasteiger partial charge >= 0.3 is 6.03 Å². The van der Waals surface area contributed by atoms with E-state index in [1.54, 1.807) is 12.4 Å². The molecule has 7 heteroatoms. The van der Waals surface area contributed by atoms with Crippen molar-refractivity contribution in [1.29, 1.82) is 0 Å². The minimum absolute atomic E-state index is 0.131. The number of hydrogen-bond acceptors (Lipinski definition) is 3. The molecule has 1 aromatic carbocycles. The standard InChI is InChI=1S/C16H20ClN5O/c17-13-5-3-4-12(8-13)15(22-6-1-2-7-22)11-18-16(23)21-14-9-19-20-10-14/h3-5,8-10,15H,1-2,6-7,11H2,(H,19,20)(H2,18,21,23)/t15-/m0/s1. The molecule has 2 aromatic rings. The lowest BCUT2D eigenvalue weighted by molar-refractivity contribution is 0.227. The summed E-state index contributed by atoms with van der Waals surface area (Å²) >= 11 is 6.12. The predicted octanol–water partition coefficient (Wildman–Crippen LogP) is 3.02. The molecule has 1 atom stereocenters. The summed E-state index contributed by atoms with van der Waals surface area (Å²) in [5.74, 6) is 0. The minimum Gasteiger partial charge on any atom is -0.336 e. The number of nitrogens with zero attached hydrogens (tertiary/aromatic N) is 2. The highest BCUT2D eigenvalue weighted by Crippen LogP contribution is 2.26. The van der Waals surface area contributed by atoms with Crippen LogP contribution in [0.5, 0.6) is 0 Å². The Morgan fingerprint density at radius 1 is 1.39 bits per heavy atom. The van der Waals surface area contributed by atoms with Crippen LogP contribution in [0.4, 0.5) is 10.5 Å². The Hall–Kier alpha value is -2.05. The van der Waals surface area contributed by atoms with E-state index in [0.29, 0.717) is 12.2 Å². The van der Waals surface area contributed by atoms with E-state index in [4.69, 9.17) is 11.6 Å². The minimum atomic E-state index is -0.238. The maximum Gasteiger partial charge on any atom is 0.319 e. The monoisotopic (exact) mass is 333 g/mol. The van der Waals surface area contributed by atoms with E-state index in [-0.39, 0.29) is 12.1 Å². The smallest absolute Gasteiger partial charge is 0.319 e. The molecule has 0 aliphatic carbocycles. The van der Waals surface area contributed by atoms with E-state index in [2.05, 4.69) is 31.8 Å². The molecule has 0 spiro atoms. The summed E-state index contributed by atoms with van der Waals surface area (Å²) in [7, 11) is 0. The van der Waals surface area contributed by atoms with Crippen LogP contribution in [0, 0.1) is 0 Å². The van der Waals surface area contributed by atoms with E-state index in [9.17, 15) is 4.79 Å². The van der Waals surface area contributed by atoms with E-state index in [1.807, 2.05) is 18.2 Å².